The number of fused-ring (bicyclic) bond motifs is 2. The number of rotatable bonds is 9. The van der Waals surface area contributed by atoms with Crippen molar-refractivity contribution in [2.24, 2.45) is 29.6 Å². The van der Waals surface area contributed by atoms with Crippen LogP contribution in [-0.4, -0.2) is 68.1 Å². The predicted molar refractivity (Wildman–Crippen MR) is 132 cm³/mol. The van der Waals surface area contributed by atoms with Crippen molar-refractivity contribution >= 4 is 28.8 Å². The molecule has 36 heavy (non-hydrogen) atoms. The lowest BCUT2D eigenvalue weighted by Crippen LogP contribution is -2.54. The summed E-state index contributed by atoms with van der Waals surface area (Å²) in [5.41, 5.74) is 1.49. The zero-order valence-electron chi connectivity index (χ0n) is 21.2. The Morgan fingerprint density at radius 3 is 2.67 bits per heavy atom. The van der Waals surface area contributed by atoms with Crippen molar-refractivity contribution in [2.45, 2.75) is 52.9 Å². The van der Waals surface area contributed by atoms with E-state index in [-0.39, 0.29) is 43.5 Å². The molecule has 1 fully saturated rings. The standard InChI is InChI=1S/C26H35N5O5/c1-5-15(3)20(13-32)31-23(24(33)27-14-30-19-10-8-7-9-18(19)28-29-30)17-12-11-16(4)21(22(17)25(31)34)26(35)36-6-2/h7-12,15-17,20-23,32H,5-6,13-14H2,1-4H3,(H,27,33)/t15-,16+,17-,20-,21+,22+,23-/m0/s1. The third kappa shape index (κ3) is 4.50. The van der Waals surface area contributed by atoms with E-state index in [1.54, 1.807) is 11.6 Å². The number of amides is 2. The molecular formula is C26H35N5O5. The van der Waals surface area contributed by atoms with Crippen molar-refractivity contribution in [2.75, 3.05) is 13.2 Å². The number of nitrogens with one attached hydrogen (secondary N) is 1. The van der Waals surface area contributed by atoms with Crippen molar-refractivity contribution < 1.29 is 24.2 Å². The van der Waals surface area contributed by atoms with E-state index in [9.17, 15) is 19.5 Å². The molecule has 0 saturated carbocycles. The lowest BCUT2D eigenvalue weighted by molar-refractivity contribution is -0.156. The Morgan fingerprint density at radius 1 is 1.22 bits per heavy atom. The number of hydrogen-bond donors (Lipinski definition) is 2. The predicted octanol–water partition coefficient (Wildman–Crippen LogP) is 1.74. The van der Waals surface area contributed by atoms with Crippen LogP contribution in [0.1, 0.15) is 34.1 Å². The number of allylic oxidation sites excluding steroid dienone is 1. The molecule has 1 saturated heterocycles. The quantitative estimate of drug-likeness (QED) is 0.399. The second kappa shape index (κ2) is 10.8. The Kier molecular flexibility index (Phi) is 7.73. The number of aromatic nitrogens is 3. The van der Waals surface area contributed by atoms with Gasteiger partial charge in [0, 0.05) is 5.92 Å². The van der Waals surface area contributed by atoms with Crippen LogP contribution in [0.2, 0.25) is 0 Å². The lowest BCUT2D eigenvalue weighted by atomic mass is 9.70. The minimum Gasteiger partial charge on any atom is -0.466 e. The summed E-state index contributed by atoms with van der Waals surface area (Å²) in [6, 6.07) is 6.01. The maximum atomic E-state index is 13.9. The molecule has 10 nitrogen and oxygen atoms in total. The SMILES string of the molecule is CCOC(=O)[C@H]1[C@@H]2C(=O)N([C@@H](CO)[C@@H](C)CC)[C@H](C(=O)NCn3nnc4ccccc43)[C@H]2C=C[C@H]1C. The molecule has 10 heteroatoms. The highest BCUT2D eigenvalue weighted by molar-refractivity contribution is 5.96. The van der Waals surface area contributed by atoms with Crippen LogP contribution in [-0.2, 0) is 25.8 Å². The van der Waals surface area contributed by atoms with E-state index >= 15 is 0 Å². The minimum absolute atomic E-state index is 0.0453. The fraction of sp³-hybridized carbons (Fsp3) is 0.577. The first kappa shape index (κ1) is 25.8. The number of hydrogen-bond acceptors (Lipinski definition) is 7. The van der Waals surface area contributed by atoms with Crippen LogP contribution in [0.3, 0.4) is 0 Å². The number of likely N-dealkylation sites (tertiary alicyclic amines) is 1. The topological polar surface area (TPSA) is 127 Å². The monoisotopic (exact) mass is 497 g/mol. The highest BCUT2D eigenvalue weighted by atomic mass is 16.5. The van der Waals surface area contributed by atoms with Gasteiger partial charge in [0.25, 0.3) is 0 Å². The number of carbonyl (C=O) groups excluding carboxylic acids is 3. The van der Waals surface area contributed by atoms with Gasteiger partial charge in [-0.2, -0.15) is 0 Å². The molecule has 194 valence electrons. The van der Waals surface area contributed by atoms with Gasteiger partial charge in [-0.15, -0.1) is 5.10 Å². The normalized spacial score (nSPS) is 27.1. The highest BCUT2D eigenvalue weighted by Gasteiger charge is 2.58. The van der Waals surface area contributed by atoms with Gasteiger partial charge in [-0.1, -0.05) is 56.7 Å². The van der Waals surface area contributed by atoms with Crippen LogP contribution in [0.15, 0.2) is 36.4 Å². The summed E-state index contributed by atoms with van der Waals surface area (Å²) in [4.78, 5) is 42.1. The fourth-order valence-corrected chi connectivity index (χ4v) is 5.60. The number of ether oxygens (including phenoxy) is 1. The zero-order valence-corrected chi connectivity index (χ0v) is 21.2. The minimum atomic E-state index is -0.871. The number of benzene rings is 1. The Balaban J connectivity index is 1.67. The first-order valence-electron chi connectivity index (χ1n) is 12.7. The number of aliphatic hydroxyl groups is 1. The molecule has 0 spiro atoms. The molecule has 2 N–H and O–H groups in total. The smallest absolute Gasteiger partial charge is 0.310 e. The van der Waals surface area contributed by atoms with Gasteiger partial charge in [0.15, 0.2) is 0 Å². The average Bonchev–Trinajstić information content (AvgIpc) is 3.42. The molecule has 7 atom stereocenters. The van der Waals surface area contributed by atoms with E-state index in [4.69, 9.17) is 4.74 Å². The van der Waals surface area contributed by atoms with E-state index in [2.05, 4.69) is 15.6 Å². The van der Waals surface area contributed by atoms with Crippen LogP contribution in [0.5, 0.6) is 0 Å². The maximum absolute atomic E-state index is 13.9. The molecule has 1 aromatic carbocycles. The van der Waals surface area contributed by atoms with Gasteiger partial charge >= 0.3 is 5.97 Å². The Bertz CT molecular complexity index is 1150. The number of nitrogens with zero attached hydrogens (tertiary/aromatic N) is 4. The van der Waals surface area contributed by atoms with Crippen LogP contribution in [0, 0.1) is 29.6 Å². The summed E-state index contributed by atoms with van der Waals surface area (Å²) >= 11 is 0. The number of esters is 1. The van der Waals surface area contributed by atoms with Gasteiger partial charge in [-0.25, -0.2) is 4.68 Å². The maximum Gasteiger partial charge on any atom is 0.310 e. The van der Waals surface area contributed by atoms with Crippen LogP contribution >= 0.6 is 0 Å². The zero-order chi connectivity index (χ0) is 26.0. The van der Waals surface area contributed by atoms with Gasteiger partial charge in [0.2, 0.25) is 11.8 Å². The molecule has 1 aromatic heterocycles. The molecule has 2 aromatic rings. The van der Waals surface area contributed by atoms with Crippen molar-refractivity contribution in [3.63, 3.8) is 0 Å². The van der Waals surface area contributed by atoms with E-state index < -0.39 is 35.8 Å². The summed E-state index contributed by atoms with van der Waals surface area (Å²) < 4.78 is 6.91. The third-order valence-corrected chi connectivity index (χ3v) is 7.70. The van der Waals surface area contributed by atoms with Crippen molar-refractivity contribution in [1.29, 1.82) is 0 Å². The van der Waals surface area contributed by atoms with E-state index in [1.807, 2.05) is 57.2 Å². The summed E-state index contributed by atoms with van der Waals surface area (Å²) in [7, 11) is 0. The average molecular weight is 498 g/mol. The van der Waals surface area contributed by atoms with Crippen molar-refractivity contribution in [3.8, 4) is 0 Å². The molecular weight excluding hydrogens is 462 g/mol. The first-order chi connectivity index (χ1) is 17.3. The first-order valence-corrected chi connectivity index (χ1v) is 12.7. The molecule has 0 radical (unpaired) electrons. The Hall–Kier alpha value is -3.27. The van der Waals surface area contributed by atoms with E-state index in [0.717, 1.165) is 11.9 Å². The third-order valence-electron chi connectivity index (χ3n) is 7.70. The molecule has 1 aliphatic heterocycles. The molecule has 4 rings (SSSR count). The summed E-state index contributed by atoms with van der Waals surface area (Å²) in [5.74, 6) is -3.29. The molecule has 2 amide bonds. The highest BCUT2D eigenvalue weighted by Crippen LogP contribution is 2.45. The summed E-state index contributed by atoms with van der Waals surface area (Å²) in [6.45, 7) is 7.56. The number of aliphatic hydroxyl groups excluding tert-OH is 1. The van der Waals surface area contributed by atoms with Gasteiger partial charge in [0.05, 0.1) is 36.6 Å². The van der Waals surface area contributed by atoms with Crippen LogP contribution < -0.4 is 5.32 Å². The molecule has 2 aliphatic rings. The molecule has 2 heterocycles. The molecule has 0 unspecified atom stereocenters. The van der Waals surface area contributed by atoms with Crippen LogP contribution in [0.4, 0.5) is 0 Å². The second-order valence-electron chi connectivity index (χ2n) is 9.73. The van der Waals surface area contributed by atoms with Gasteiger partial charge in [-0.3, -0.25) is 14.4 Å². The van der Waals surface area contributed by atoms with Gasteiger partial charge in [0.1, 0.15) is 18.2 Å². The lowest BCUT2D eigenvalue weighted by Gasteiger charge is -2.36. The summed E-state index contributed by atoms with van der Waals surface area (Å²) in [5, 5.41) is 21.4. The molecule has 1 aliphatic carbocycles. The van der Waals surface area contributed by atoms with Crippen LogP contribution in [0.25, 0.3) is 11.0 Å². The van der Waals surface area contributed by atoms with Gasteiger partial charge in [-0.05, 0) is 30.9 Å². The van der Waals surface area contributed by atoms with Gasteiger partial charge < -0.3 is 20.1 Å². The van der Waals surface area contributed by atoms with Crippen molar-refractivity contribution in [1.82, 2.24) is 25.2 Å². The number of para-hydroxylation sites is 1. The second-order valence-corrected chi connectivity index (χ2v) is 9.73. The Labute approximate surface area is 210 Å². The molecule has 0 bridgehead atoms. The van der Waals surface area contributed by atoms with E-state index in [0.29, 0.717) is 5.52 Å². The largest absolute Gasteiger partial charge is 0.466 e. The Morgan fingerprint density at radius 2 is 1.97 bits per heavy atom. The number of carbonyl (C=O) groups is 3. The fourth-order valence-electron chi connectivity index (χ4n) is 5.60. The summed E-state index contributed by atoms with van der Waals surface area (Å²) in [6.07, 6.45) is 4.49. The van der Waals surface area contributed by atoms with Crippen molar-refractivity contribution in [3.05, 3.63) is 36.4 Å². The van der Waals surface area contributed by atoms with E-state index in [1.165, 1.54) is 4.90 Å².